The van der Waals surface area contributed by atoms with E-state index in [1.165, 1.54) is 4.31 Å². The van der Waals surface area contributed by atoms with Gasteiger partial charge in [0.25, 0.3) is 0 Å². The molecular weight excluding hydrogens is 552 g/mol. The van der Waals surface area contributed by atoms with Crippen molar-refractivity contribution in [2.45, 2.75) is 56.2 Å². The van der Waals surface area contributed by atoms with E-state index in [9.17, 15) is 22.0 Å². The zero-order chi connectivity index (χ0) is 28.2. The minimum absolute atomic E-state index is 0.0722. The lowest BCUT2D eigenvalue weighted by Crippen LogP contribution is -2.55. The summed E-state index contributed by atoms with van der Waals surface area (Å²) in [5, 5.41) is 3.32. The topological polar surface area (TPSA) is 131 Å². The molecule has 5 rings (SSSR count). The molecule has 3 aliphatic rings. The maximum atomic E-state index is 13.7. The molecule has 40 heavy (non-hydrogen) atoms. The van der Waals surface area contributed by atoms with Gasteiger partial charge in [-0.05, 0) is 55.8 Å². The van der Waals surface area contributed by atoms with E-state index in [-0.39, 0.29) is 30.3 Å². The van der Waals surface area contributed by atoms with E-state index in [0.29, 0.717) is 57.2 Å². The number of para-hydroxylation sites is 1. The van der Waals surface area contributed by atoms with Crippen molar-refractivity contribution >= 4 is 32.9 Å². The van der Waals surface area contributed by atoms with Crippen LogP contribution in [0.15, 0.2) is 54.6 Å². The van der Waals surface area contributed by atoms with Gasteiger partial charge >= 0.3 is 0 Å². The molecule has 1 saturated carbocycles. The number of carbonyl (C=O) groups excluding carboxylic acids is 1. The van der Waals surface area contributed by atoms with Crippen LogP contribution >= 0.6 is 0 Å². The van der Waals surface area contributed by atoms with E-state index in [4.69, 9.17) is 4.74 Å². The molecule has 0 radical (unpaired) electrons. The number of rotatable bonds is 13. The first-order chi connectivity index (χ1) is 19.3. The number of hydrogen-bond acceptors (Lipinski definition) is 7. The van der Waals surface area contributed by atoms with E-state index in [1.54, 1.807) is 4.90 Å². The summed E-state index contributed by atoms with van der Waals surface area (Å²) in [5.41, 5.74) is 2.23. The number of ether oxygens (including phenoxy) is 1. The summed E-state index contributed by atoms with van der Waals surface area (Å²) in [5.74, 6) is -0.393. The third kappa shape index (κ3) is 7.10. The van der Waals surface area contributed by atoms with Gasteiger partial charge in [-0.3, -0.25) is 9.00 Å². The Labute approximate surface area is 238 Å². The molecule has 2 N–H and O–H groups in total. The number of piperidine rings is 1. The fourth-order valence-corrected chi connectivity index (χ4v) is 7.59. The number of hydrogen-bond donors (Lipinski definition) is 2. The fraction of sp³-hybridized carbons (Fsp3) is 0.536. The molecule has 1 saturated heterocycles. The molecule has 2 aromatic rings. The second kappa shape index (κ2) is 12.7. The van der Waals surface area contributed by atoms with Gasteiger partial charge in [-0.15, -0.1) is 0 Å². The van der Waals surface area contributed by atoms with Gasteiger partial charge < -0.3 is 23.8 Å². The summed E-state index contributed by atoms with van der Waals surface area (Å²) in [7, 11) is -3.71. The zero-order valence-corrected chi connectivity index (χ0v) is 24.1. The van der Waals surface area contributed by atoms with Crippen molar-refractivity contribution in [3.8, 4) is 0 Å². The highest BCUT2D eigenvalue weighted by Crippen LogP contribution is 2.47. The molecule has 218 valence electrons. The van der Waals surface area contributed by atoms with Crippen LogP contribution in [0.5, 0.6) is 0 Å². The van der Waals surface area contributed by atoms with Crippen LogP contribution in [0, 0.1) is 0 Å². The Morgan fingerprint density at radius 1 is 1.10 bits per heavy atom. The van der Waals surface area contributed by atoms with Crippen molar-refractivity contribution in [1.82, 2.24) is 14.9 Å². The van der Waals surface area contributed by atoms with Gasteiger partial charge in [-0.1, -0.05) is 48.5 Å². The van der Waals surface area contributed by atoms with E-state index in [0.717, 1.165) is 24.0 Å². The fourth-order valence-electron chi connectivity index (χ4n) is 5.68. The van der Waals surface area contributed by atoms with Crippen LogP contribution in [0.1, 0.15) is 43.2 Å². The SMILES string of the molecule is O=C([C@@H](COCc1ccccc1)NS(=O)(=O)CCCNC1CC1)N1CCC2(CC1)CN(S(=O)[O-])c1ccccc12. The summed E-state index contributed by atoms with van der Waals surface area (Å²) < 4.78 is 59.5. The number of fused-ring (bicyclic) bond motifs is 2. The predicted octanol–water partition coefficient (Wildman–Crippen LogP) is 1.81. The van der Waals surface area contributed by atoms with Crippen LogP contribution in [0.4, 0.5) is 5.69 Å². The van der Waals surface area contributed by atoms with Crippen molar-refractivity contribution in [3.05, 3.63) is 65.7 Å². The first-order valence-corrected chi connectivity index (χ1v) is 16.6. The van der Waals surface area contributed by atoms with Gasteiger partial charge in [0.2, 0.25) is 15.9 Å². The smallest absolute Gasteiger partial charge is 0.243 e. The highest BCUT2D eigenvalue weighted by atomic mass is 32.2. The second-order valence-corrected chi connectivity index (χ2v) is 13.7. The van der Waals surface area contributed by atoms with Crippen LogP contribution in [0.3, 0.4) is 0 Å². The zero-order valence-electron chi connectivity index (χ0n) is 22.5. The van der Waals surface area contributed by atoms with Gasteiger partial charge in [0.1, 0.15) is 6.04 Å². The molecule has 2 aromatic carbocycles. The number of sulfonamides is 1. The Morgan fingerprint density at radius 2 is 1.80 bits per heavy atom. The summed E-state index contributed by atoms with van der Waals surface area (Å²) >= 11 is -2.38. The number of carbonyl (C=O) groups is 1. The van der Waals surface area contributed by atoms with Gasteiger partial charge in [0.15, 0.2) is 0 Å². The van der Waals surface area contributed by atoms with Gasteiger partial charge in [0.05, 0.1) is 24.7 Å². The molecule has 1 aliphatic carbocycles. The van der Waals surface area contributed by atoms with Crippen molar-refractivity contribution in [3.63, 3.8) is 0 Å². The number of benzene rings is 2. The van der Waals surface area contributed by atoms with Crippen molar-refractivity contribution in [2.75, 3.05) is 42.8 Å². The summed E-state index contributed by atoms with van der Waals surface area (Å²) in [4.78, 5) is 15.3. The number of amides is 1. The minimum Gasteiger partial charge on any atom is -0.755 e. The summed E-state index contributed by atoms with van der Waals surface area (Å²) in [6, 6.07) is 16.5. The van der Waals surface area contributed by atoms with Gasteiger partial charge in [-0.2, -0.15) is 0 Å². The van der Waals surface area contributed by atoms with Crippen LogP contribution in [-0.2, 0) is 42.8 Å². The third-order valence-electron chi connectivity index (χ3n) is 8.02. The number of likely N-dealkylation sites (tertiary alicyclic amines) is 1. The van der Waals surface area contributed by atoms with E-state index in [2.05, 4.69) is 10.0 Å². The van der Waals surface area contributed by atoms with Crippen molar-refractivity contribution < 1.29 is 26.7 Å². The molecule has 2 fully saturated rings. The molecule has 2 heterocycles. The lowest BCUT2D eigenvalue weighted by Gasteiger charge is -2.41. The molecule has 0 bridgehead atoms. The monoisotopic (exact) mass is 589 g/mol. The molecule has 1 spiro atoms. The lowest BCUT2D eigenvalue weighted by atomic mass is 9.74. The van der Waals surface area contributed by atoms with Crippen LogP contribution in [0.2, 0.25) is 0 Å². The lowest BCUT2D eigenvalue weighted by molar-refractivity contribution is -0.136. The minimum atomic E-state index is -3.71. The molecule has 1 amide bonds. The summed E-state index contributed by atoms with van der Waals surface area (Å²) in [6.45, 7) is 1.94. The number of anilines is 1. The first-order valence-electron chi connectivity index (χ1n) is 13.9. The van der Waals surface area contributed by atoms with Gasteiger partial charge in [-0.25, -0.2) is 13.1 Å². The van der Waals surface area contributed by atoms with Crippen LogP contribution in [0.25, 0.3) is 0 Å². The van der Waals surface area contributed by atoms with Crippen LogP contribution < -0.4 is 14.3 Å². The Hall–Kier alpha value is -2.35. The maximum Gasteiger partial charge on any atom is 0.243 e. The number of nitrogens with one attached hydrogen (secondary N) is 2. The molecule has 1 unspecified atom stereocenters. The largest absolute Gasteiger partial charge is 0.755 e. The Balaban J connectivity index is 1.23. The molecule has 2 aliphatic heterocycles. The number of nitrogens with zero attached hydrogens (tertiary/aromatic N) is 2. The van der Waals surface area contributed by atoms with E-state index >= 15 is 0 Å². The molecule has 12 heteroatoms. The predicted molar refractivity (Wildman–Crippen MR) is 153 cm³/mol. The average Bonchev–Trinajstić information content (AvgIpc) is 3.73. The maximum absolute atomic E-state index is 13.7. The van der Waals surface area contributed by atoms with E-state index < -0.39 is 27.3 Å². The molecule has 0 aromatic heterocycles. The molecular formula is C28H37N4O6S2-. The Bertz CT molecular complexity index is 1300. The molecule has 10 nitrogen and oxygen atoms in total. The molecule has 2 atom stereocenters. The average molecular weight is 590 g/mol. The van der Waals surface area contributed by atoms with Crippen molar-refractivity contribution in [1.29, 1.82) is 0 Å². The third-order valence-corrected chi connectivity index (χ3v) is 10.2. The Morgan fingerprint density at radius 3 is 2.50 bits per heavy atom. The quantitative estimate of drug-likeness (QED) is 0.269. The van der Waals surface area contributed by atoms with Crippen LogP contribution in [-0.4, -0.2) is 78.6 Å². The second-order valence-electron chi connectivity index (χ2n) is 10.9. The van der Waals surface area contributed by atoms with E-state index in [1.807, 2.05) is 54.6 Å². The normalized spacial score (nSPS) is 19.9. The Kier molecular flexibility index (Phi) is 9.23. The summed E-state index contributed by atoms with van der Waals surface area (Å²) in [6.07, 6.45) is 3.90. The van der Waals surface area contributed by atoms with Crippen molar-refractivity contribution in [2.24, 2.45) is 0 Å². The highest BCUT2D eigenvalue weighted by molar-refractivity contribution is 7.89. The highest BCUT2D eigenvalue weighted by Gasteiger charge is 2.46. The van der Waals surface area contributed by atoms with Gasteiger partial charge in [0, 0.05) is 42.4 Å². The first kappa shape index (κ1) is 29.2. The standard InChI is InChI=1S/C28H38N4O6S2/c33-27(31-16-13-28(14-17-31)21-32(39(34)35)26-10-5-4-9-24(26)28)25(20-38-19-22-7-2-1-3-8-22)30-40(36,37)18-6-15-29-23-11-12-23/h1-5,7-10,23,25,29-30H,6,11-21H2,(H,34,35)/p-1/t25-/m1/s1.